The summed E-state index contributed by atoms with van der Waals surface area (Å²) in [6.45, 7) is 1.09. The van der Waals surface area contributed by atoms with Crippen LogP contribution in [0, 0.1) is 5.92 Å². The van der Waals surface area contributed by atoms with E-state index in [1.807, 2.05) is 0 Å². The molecule has 1 aliphatic carbocycles. The van der Waals surface area contributed by atoms with Crippen LogP contribution in [0.4, 0.5) is 11.8 Å². The summed E-state index contributed by atoms with van der Waals surface area (Å²) >= 11 is 0. The second-order valence-electron chi connectivity index (χ2n) is 4.99. The van der Waals surface area contributed by atoms with E-state index in [2.05, 4.69) is 24.8 Å². The second kappa shape index (κ2) is 3.09. The Labute approximate surface area is 98.3 Å². The number of nitrogens with one attached hydrogen (secondary N) is 1. The van der Waals surface area contributed by atoms with E-state index in [0.29, 0.717) is 17.6 Å². The van der Waals surface area contributed by atoms with Crippen LogP contribution in [0.25, 0.3) is 11.2 Å². The zero-order valence-electron chi connectivity index (χ0n) is 9.43. The molecule has 3 heterocycles. The van der Waals surface area contributed by atoms with Gasteiger partial charge in [0.1, 0.15) is 5.52 Å². The lowest BCUT2D eigenvalue weighted by atomic mass is 10.1. The summed E-state index contributed by atoms with van der Waals surface area (Å²) in [7, 11) is 0. The Bertz CT molecular complexity index is 576. The van der Waals surface area contributed by atoms with Gasteiger partial charge in [0.05, 0.1) is 6.33 Å². The Hall–Kier alpha value is -1.85. The van der Waals surface area contributed by atoms with Crippen molar-refractivity contribution in [1.29, 1.82) is 0 Å². The average molecular weight is 230 g/mol. The monoisotopic (exact) mass is 230 g/mol. The summed E-state index contributed by atoms with van der Waals surface area (Å²) in [4.78, 5) is 18.2. The highest BCUT2D eigenvalue weighted by molar-refractivity contribution is 5.84. The van der Waals surface area contributed by atoms with Crippen LogP contribution in [-0.2, 0) is 0 Å². The van der Waals surface area contributed by atoms with Crippen LogP contribution >= 0.6 is 0 Å². The Morgan fingerprint density at radius 3 is 3.06 bits per heavy atom. The van der Waals surface area contributed by atoms with Crippen molar-refractivity contribution < 1.29 is 0 Å². The Morgan fingerprint density at radius 2 is 2.29 bits per heavy atom. The average Bonchev–Trinajstić information content (AvgIpc) is 3.02. The first-order chi connectivity index (χ1) is 8.31. The van der Waals surface area contributed by atoms with Crippen LogP contribution in [0.15, 0.2) is 6.33 Å². The van der Waals surface area contributed by atoms with Gasteiger partial charge in [0.15, 0.2) is 11.5 Å². The molecule has 0 spiro atoms. The van der Waals surface area contributed by atoms with Gasteiger partial charge in [-0.3, -0.25) is 0 Å². The molecule has 2 aromatic heterocycles. The molecule has 0 radical (unpaired) electrons. The standard InChI is InChI=1S/C11H14N6/c12-11-15-9-8(13-5-14-9)10(16-11)17-4-6-1-2-7(17)3-6/h5-7H,1-4H2,(H3,12,13,14,15,16). The van der Waals surface area contributed by atoms with Gasteiger partial charge in [-0.1, -0.05) is 0 Å². The first-order valence-corrected chi connectivity index (χ1v) is 6.04. The van der Waals surface area contributed by atoms with Crippen molar-refractivity contribution >= 4 is 22.9 Å². The predicted molar refractivity (Wildman–Crippen MR) is 64.6 cm³/mol. The molecule has 1 aliphatic heterocycles. The minimum Gasteiger partial charge on any atom is -0.368 e. The van der Waals surface area contributed by atoms with E-state index in [9.17, 15) is 0 Å². The summed E-state index contributed by atoms with van der Waals surface area (Å²) in [5.74, 6) is 2.06. The highest BCUT2D eigenvalue weighted by Crippen LogP contribution is 2.40. The number of aromatic amines is 1. The molecule has 1 saturated heterocycles. The number of rotatable bonds is 1. The van der Waals surface area contributed by atoms with Gasteiger partial charge in [0.2, 0.25) is 5.95 Å². The lowest BCUT2D eigenvalue weighted by molar-refractivity contribution is 0.551. The van der Waals surface area contributed by atoms with Crippen molar-refractivity contribution in [3.05, 3.63) is 6.33 Å². The maximum atomic E-state index is 5.75. The van der Waals surface area contributed by atoms with Crippen molar-refractivity contribution in [2.45, 2.75) is 25.3 Å². The molecule has 2 unspecified atom stereocenters. The fraction of sp³-hybridized carbons (Fsp3) is 0.545. The zero-order chi connectivity index (χ0) is 11.4. The summed E-state index contributed by atoms with van der Waals surface area (Å²) < 4.78 is 0. The van der Waals surface area contributed by atoms with E-state index >= 15 is 0 Å². The van der Waals surface area contributed by atoms with E-state index in [1.54, 1.807) is 6.33 Å². The van der Waals surface area contributed by atoms with Crippen LogP contribution in [0.3, 0.4) is 0 Å². The SMILES string of the molecule is Nc1nc(N2CC3CCC2C3)c2[nH]cnc2n1. The number of hydrogen-bond donors (Lipinski definition) is 2. The Balaban J connectivity index is 1.87. The number of anilines is 2. The first kappa shape index (κ1) is 9.21. The van der Waals surface area contributed by atoms with Crippen molar-refractivity contribution in [1.82, 2.24) is 19.9 Å². The summed E-state index contributed by atoms with van der Waals surface area (Å²) in [5.41, 5.74) is 7.32. The number of aromatic nitrogens is 4. The van der Waals surface area contributed by atoms with Gasteiger partial charge < -0.3 is 15.6 Å². The molecule has 2 atom stereocenters. The number of nitrogens with two attached hydrogens (primary N) is 1. The fourth-order valence-electron chi connectivity index (χ4n) is 3.23. The molecule has 0 amide bonds. The molecule has 2 aromatic rings. The molecule has 17 heavy (non-hydrogen) atoms. The van der Waals surface area contributed by atoms with Gasteiger partial charge in [-0.2, -0.15) is 9.97 Å². The molecule has 2 bridgehead atoms. The number of fused-ring (bicyclic) bond motifs is 3. The van der Waals surface area contributed by atoms with Crippen LogP contribution < -0.4 is 10.6 Å². The van der Waals surface area contributed by atoms with Gasteiger partial charge in [0.25, 0.3) is 0 Å². The molecule has 1 saturated carbocycles. The number of hydrogen-bond acceptors (Lipinski definition) is 5. The Morgan fingerprint density at radius 1 is 1.35 bits per heavy atom. The number of imidazole rings is 1. The summed E-state index contributed by atoms with van der Waals surface area (Å²) in [5, 5.41) is 0. The van der Waals surface area contributed by atoms with E-state index in [1.165, 1.54) is 19.3 Å². The molecule has 88 valence electrons. The topological polar surface area (TPSA) is 83.7 Å². The maximum absolute atomic E-state index is 5.75. The number of nitrogens with zero attached hydrogens (tertiary/aromatic N) is 4. The molecule has 2 aliphatic rings. The van der Waals surface area contributed by atoms with Crippen LogP contribution in [0.5, 0.6) is 0 Å². The molecule has 2 fully saturated rings. The fourth-order valence-corrected chi connectivity index (χ4v) is 3.23. The third kappa shape index (κ3) is 1.23. The number of piperidine rings is 1. The van der Waals surface area contributed by atoms with Crippen molar-refractivity contribution in [3.63, 3.8) is 0 Å². The Kier molecular flexibility index (Phi) is 1.67. The van der Waals surface area contributed by atoms with Gasteiger partial charge in [0, 0.05) is 12.6 Å². The zero-order valence-corrected chi connectivity index (χ0v) is 9.43. The van der Waals surface area contributed by atoms with Crippen molar-refractivity contribution in [3.8, 4) is 0 Å². The van der Waals surface area contributed by atoms with E-state index in [0.717, 1.165) is 23.8 Å². The van der Waals surface area contributed by atoms with Crippen molar-refractivity contribution in [2.24, 2.45) is 5.92 Å². The molecular formula is C11H14N6. The number of nitrogen functional groups attached to an aromatic ring is 1. The second-order valence-corrected chi connectivity index (χ2v) is 4.99. The molecule has 0 aromatic carbocycles. The largest absolute Gasteiger partial charge is 0.368 e. The minimum absolute atomic E-state index is 0.308. The predicted octanol–water partition coefficient (Wildman–Crippen LogP) is 0.924. The quantitative estimate of drug-likeness (QED) is 0.761. The van der Waals surface area contributed by atoms with Gasteiger partial charge in [-0.25, -0.2) is 4.98 Å². The highest BCUT2D eigenvalue weighted by Gasteiger charge is 2.39. The minimum atomic E-state index is 0.308. The van der Waals surface area contributed by atoms with E-state index in [-0.39, 0.29) is 0 Å². The maximum Gasteiger partial charge on any atom is 0.224 e. The van der Waals surface area contributed by atoms with Gasteiger partial charge >= 0.3 is 0 Å². The lowest BCUT2D eigenvalue weighted by Crippen LogP contribution is -2.33. The summed E-state index contributed by atoms with van der Waals surface area (Å²) in [6.07, 6.45) is 5.56. The third-order valence-corrected chi connectivity index (χ3v) is 3.97. The van der Waals surface area contributed by atoms with Crippen LogP contribution in [0.2, 0.25) is 0 Å². The van der Waals surface area contributed by atoms with Gasteiger partial charge in [-0.05, 0) is 25.2 Å². The van der Waals surface area contributed by atoms with E-state index in [4.69, 9.17) is 5.73 Å². The first-order valence-electron chi connectivity index (χ1n) is 6.04. The van der Waals surface area contributed by atoms with Crippen molar-refractivity contribution in [2.75, 3.05) is 17.2 Å². The molecular weight excluding hydrogens is 216 g/mol. The molecule has 6 heteroatoms. The third-order valence-electron chi connectivity index (χ3n) is 3.97. The summed E-state index contributed by atoms with van der Waals surface area (Å²) in [6, 6.07) is 0.626. The molecule has 4 rings (SSSR count). The van der Waals surface area contributed by atoms with Gasteiger partial charge in [-0.15, -0.1) is 0 Å². The van der Waals surface area contributed by atoms with Crippen LogP contribution in [-0.4, -0.2) is 32.5 Å². The smallest absolute Gasteiger partial charge is 0.224 e. The lowest BCUT2D eigenvalue weighted by Gasteiger charge is -2.28. The number of H-pyrrole nitrogens is 1. The normalized spacial score (nSPS) is 27.2. The molecule has 3 N–H and O–H groups in total. The van der Waals surface area contributed by atoms with E-state index < -0.39 is 0 Å². The van der Waals surface area contributed by atoms with Crippen LogP contribution in [0.1, 0.15) is 19.3 Å². The molecule has 6 nitrogen and oxygen atoms in total. The highest BCUT2D eigenvalue weighted by atomic mass is 15.3.